The average Bonchev–Trinajstić information content (AvgIpc) is 2.47. The number of benzene rings is 1. The molecule has 1 N–H and O–H groups in total. The molecule has 0 aliphatic carbocycles. The third-order valence-corrected chi connectivity index (χ3v) is 5.11. The highest BCUT2D eigenvalue weighted by Gasteiger charge is 2.12. The van der Waals surface area contributed by atoms with Crippen LogP contribution < -0.4 is 4.72 Å². The highest BCUT2D eigenvalue weighted by Crippen LogP contribution is 2.12. The Balaban J connectivity index is 2.35. The topological polar surface area (TPSA) is 46.2 Å². The van der Waals surface area contributed by atoms with Gasteiger partial charge in [0.25, 0.3) is 0 Å². The van der Waals surface area contributed by atoms with E-state index in [2.05, 4.69) is 11.6 Å². The summed E-state index contributed by atoms with van der Waals surface area (Å²) >= 11 is 5.67. The number of sulfonamides is 1. The van der Waals surface area contributed by atoms with E-state index in [1.807, 2.05) is 12.1 Å². The summed E-state index contributed by atoms with van der Waals surface area (Å²) in [7, 11) is -3.37. The van der Waals surface area contributed by atoms with E-state index < -0.39 is 10.0 Å². The summed E-state index contributed by atoms with van der Waals surface area (Å²) < 4.78 is 26.9. The third-order valence-electron chi connectivity index (χ3n) is 3.44. The van der Waals surface area contributed by atoms with E-state index in [4.69, 9.17) is 11.6 Å². The molecule has 21 heavy (non-hydrogen) atoms. The molecule has 5 heteroatoms. The lowest BCUT2D eigenvalue weighted by atomic mass is 10.1. The summed E-state index contributed by atoms with van der Waals surface area (Å²) in [5.41, 5.74) is 1.06. The van der Waals surface area contributed by atoms with Gasteiger partial charge < -0.3 is 0 Å². The first-order valence-electron chi connectivity index (χ1n) is 7.74. The predicted octanol–water partition coefficient (Wildman–Crippen LogP) is 4.11. The van der Waals surface area contributed by atoms with Crippen LogP contribution in [0, 0.1) is 0 Å². The Morgan fingerprint density at radius 2 is 1.62 bits per heavy atom. The number of rotatable bonds is 11. The van der Waals surface area contributed by atoms with Gasteiger partial charge in [0.2, 0.25) is 10.0 Å². The molecule has 0 spiro atoms. The zero-order valence-corrected chi connectivity index (χ0v) is 14.3. The monoisotopic (exact) mass is 331 g/mol. The minimum atomic E-state index is -3.37. The second kappa shape index (κ2) is 10.2. The second-order valence-electron chi connectivity index (χ2n) is 5.25. The minimum Gasteiger partial charge on any atom is -0.211 e. The number of halogens is 1. The zero-order valence-electron chi connectivity index (χ0n) is 12.8. The average molecular weight is 332 g/mol. The van der Waals surface area contributed by atoms with Crippen molar-refractivity contribution >= 4 is 21.6 Å². The van der Waals surface area contributed by atoms with Crippen molar-refractivity contribution in [2.24, 2.45) is 0 Å². The number of hydrogen-bond acceptors (Lipinski definition) is 2. The molecule has 0 bridgehead atoms. The summed E-state index contributed by atoms with van der Waals surface area (Å²) in [6.45, 7) is 2.70. The van der Waals surface area contributed by atoms with Gasteiger partial charge in [-0.15, -0.1) is 11.6 Å². The number of aryl methyl sites for hydroxylation is 1. The Hall–Kier alpha value is -0.580. The smallest absolute Gasteiger partial charge is 0.211 e. The van der Waals surface area contributed by atoms with Crippen LogP contribution >= 0.6 is 11.6 Å². The molecule has 0 aliphatic heterocycles. The maximum atomic E-state index is 12.1. The van der Waals surface area contributed by atoms with E-state index in [9.17, 15) is 8.42 Å². The van der Waals surface area contributed by atoms with Gasteiger partial charge in [-0.1, -0.05) is 51.2 Å². The van der Waals surface area contributed by atoms with Crippen molar-refractivity contribution in [1.82, 2.24) is 4.72 Å². The van der Waals surface area contributed by atoms with Crippen molar-refractivity contribution in [1.29, 1.82) is 0 Å². The maximum absolute atomic E-state index is 12.1. The number of alkyl halides is 1. The van der Waals surface area contributed by atoms with Crippen LogP contribution in [0.1, 0.15) is 51.0 Å². The fourth-order valence-corrected chi connectivity index (χ4v) is 3.43. The van der Waals surface area contributed by atoms with Crippen molar-refractivity contribution in [2.75, 3.05) is 12.4 Å². The minimum absolute atomic E-state index is 0.326. The van der Waals surface area contributed by atoms with E-state index in [1.54, 1.807) is 12.1 Å². The van der Waals surface area contributed by atoms with E-state index in [0.717, 1.165) is 24.8 Å². The molecule has 0 atom stereocenters. The van der Waals surface area contributed by atoms with Crippen LogP contribution in [0.4, 0.5) is 0 Å². The molecule has 0 radical (unpaired) electrons. The second-order valence-corrected chi connectivity index (χ2v) is 7.39. The van der Waals surface area contributed by atoms with Gasteiger partial charge in [0.05, 0.1) is 4.90 Å². The molecule has 0 saturated carbocycles. The van der Waals surface area contributed by atoms with Crippen molar-refractivity contribution < 1.29 is 8.42 Å². The summed E-state index contributed by atoms with van der Waals surface area (Å²) in [6.07, 6.45) is 7.65. The van der Waals surface area contributed by atoms with Crippen LogP contribution in [0.2, 0.25) is 0 Å². The molecule has 0 amide bonds. The van der Waals surface area contributed by atoms with Gasteiger partial charge >= 0.3 is 0 Å². The van der Waals surface area contributed by atoms with Crippen LogP contribution in [-0.4, -0.2) is 20.8 Å². The van der Waals surface area contributed by atoms with Crippen molar-refractivity contribution in [3.05, 3.63) is 29.8 Å². The Kier molecular flexibility index (Phi) is 8.97. The quantitative estimate of drug-likeness (QED) is 0.490. The Morgan fingerprint density at radius 1 is 1.00 bits per heavy atom. The Morgan fingerprint density at radius 3 is 2.24 bits per heavy atom. The van der Waals surface area contributed by atoms with Gasteiger partial charge in [0.15, 0.2) is 0 Å². The molecule has 0 aromatic heterocycles. The first-order valence-corrected chi connectivity index (χ1v) is 9.76. The summed E-state index contributed by atoms with van der Waals surface area (Å²) in [6, 6.07) is 6.93. The summed E-state index contributed by atoms with van der Waals surface area (Å²) in [5.74, 6) is 0.544. The van der Waals surface area contributed by atoms with Crippen LogP contribution in [0.15, 0.2) is 29.2 Å². The Labute approximate surface area is 134 Å². The van der Waals surface area contributed by atoms with Crippen molar-refractivity contribution in [3.63, 3.8) is 0 Å². The molecule has 0 aliphatic rings. The molecule has 0 fully saturated rings. The normalized spacial score (nSPS) is 11.7. The maximum Gasteiger partial charge on any atom is 0.240 e. The molecule has 1 aromatic rings. The van der Waals surface area contributed by atoms with Gasteiger partial charge in [-0.05, 0) is 30.5 Å². The van der Waals surface area contributed by atoms with E-state index >= 15 is 0 Å². The highest BCUT2D eigenvalue weighted by atomic mass is 35.5. The number of unbranched alkanes of at least 4 members (excludes halogenated alkanes) is 5. The molecule has 0 unspecified atom stereocenters. The van der Waals surface area contributed by atoms with E-state index in [1.165, 1.54) is 25.7 Å². The molecule has 0 saturated heterocycles. The first-order chi connectivity index (χ1) is 10.1. The van der Waals surface area contributed by atoms with E-state index in [0.29, 0.717) is 17.3 Å². The number of hydrogen-bond donors (Lipinski definition) is 1. The van der Waals surface area contributed by atoms with Crippen LogP contribution in [0.25, 0.3) is 0 Å². The first kappa shape index (κ1) is 18.5. The van der Waals surface area contributed by atoms with Gasteiger partial charge in [-0.25, -0.2) is 13.1 Å². The molecular formula is C16H26ClNO2S. The van der Waals surface area contributed by atoms with Crippen LogP contribution in [0.3, 0.4) is 0 Å². The lowest BCUT2D eigenvalue weighted by Crippen LogP contribution is -2.24. The fourth-order valence-electron chi connectivity index (χ4n) is 2.14. The largest absolute Gasteiger partial charge is 0.240 e. The van der Waals surface area contributed by atoms with Gasteiger partial charge in [-0.3, -0.25) is 0 Å². The lowest BCUT2D eigenvalue weighted by Gasteiger charge is -2.07. The lowest BCUT2D eigenvalue weighted by molar-refractivity contribution is 0.567. The molecular weight excluding hydrogens is 306 g/mol. The van der Waals surface area contributed by atoms with Gasteiger partial charge in [0.1, 0.15) is 0 Å². The van der Waals surface area contributed by atoms with Crippen molar-refractivity contribution in [2.45, 2.75) is 56.8 Å². The van der Waals surface area contributed by atoms with Gasteiger partial charge in [-0.2, -0.15) is 0 Å². The Bertz CT molecular complexity index is 486. The number of nitrogens with one attached hydrogen (secondary N) is 1. The van der Waals surface area contributed by atoms with Crippen molar-refractivity contribution in [3.8, 4) is 0 Å². The van der Waals surface area contributed by atoms with Crippen LogP contribution in [-0.2, 0) is 16.4 Å². The standard InChI is InChI=1S/C16H26ClNO2S/c1-2-3-4-5-6-7-14-18-21(19,20)16-10-8-15(9-11-16)12-13-17/h8-11,18H,2-7,12-14H2,1H3. The van der Waals surface area contributed by atoms with E-state index in [-0.39, 0.29) is 0 Å². The SMILES string of the molecule is CCCCCCCCNS(=O)(=O)c1ccc(CCCl)cc1. The summed E-state index contributed by atoms with van der Waals surface area (Å²) in [5, 5.41) is 0. The molecule has 120 valence electrons. The molecule has 3 nitrogen and oxygen atoms in total. The third kappa shape index (κ3) is 7.30. The molecule has 0 heterocycles. The predicted molar refractivity (Wildman–Crippen MR) is 89.4 cm³/mol. The molecule has 1 aromatic carbocycles. The highest BCUT2D eigenvalue weighted by molar-refractivity contribution is 7.89. The zero-order chi connectivity index (χ0) is 15.6. The van der Waals surface area contributed by atoms with Crippen LogP contribution in [0.5, 0.6) is 0 Å². The molecule has 1 rings (SSSR count). The summed E-state index contributed by atoms with van der Waals surface area (Å²) in [4.78, 5) is 0.326. The van der Waals surface area contributed by atoms with Gasteiger partial charge in [0, 0.05) is 12.4 Å². The fraction of sp³-hybridized carbons (Fsp3) is 0.625.